The number of carbonyl (C=O) groups excluding carboxylic acids is 4. The fourth-order valence-corrected chi connectivity index (χ4v) is 10.2. The van der Waals surface area contributed by atoms with Crippen LogP contribution in [0.3, 0.4) is 0 Å². The van der Waals surface area contributed by atoms with E-state index in [1.807, 2.05) is 41.8 Å². The standard InChI is InChI=1S/C45H62FN5O10/c1-11-13-19-49(9)32-21-27(4)58-40(36(32)53)60-39-28(5)38(54)44(7,46)41(55)59-33(12-2)45(8)37-34(35(52)26(3)22-43(39,6)57-10)31(51(37)42(56)61-45)17-15-20-50-24-30(48-25-50)29-16-14-18-47-23-29/h1,14,16,18,23-28,31-34,36-37,39-40,53H,12-13,15,17,19-22H2,2-10H3/t26-,27-,28+,31?,32+,33-,34+,36-,37?,39-,40+,43-,44+,45-/m1/s1. The molecule has 0 spiro atoms. The molecule has 15 nitrogen and oxygen atoms in total. The Kier molecular flexibility index (Phi) is 13.8. The fraction of sp³-hybridized carbons (Fsp3) is 0.689. The molecule has 1 N–H and O–H groups in total. The van der Waals surface area contributed by atoms with Crippen molar-refractivity contribution >= 4 is 23.6 Å². The predicted octanol–water partition coefficient (Wildman–Crippen LogP) is 4.78. The van der Waals surface area contributed by atoms with Gasteiger partial charge in [-0.15, -0.1) is 12.3 Å². The molecule has 6 heterocycles. The first-order valence-electron chi connectivity index (χ1n) is 21.4. The van der Waals surface area contributed by atoms with Gasteiger partial charge in [0.25, 0.3) is 5.67 Å². The Morgan fingerprint density at radius 1 is 1.16 bits per heavy atom. The molecule has 61 heavy (non-hydrogen) atoms. The number of hydrogen-bond donors (Lipinski definition) is 1. The Balaban J connectivity index is 1.33. The Bertz CT molecular complexity index is 1960. The zero-order valence-corrected chi connectivity index (χ0v) is 36.8. The van der Waals surface area contributed by atoms with Crippen molar-refractivity contribution in [1.29, 1.82) is 0 Å². The summed E-state index contributed by atoms with van der Waals surface area (Å²) in [6, 6.07) is 1.93. The van der Waals surface area contributed by atoms with Crippen LogP contribution in [0.5, 0.6) is 0 Å². The maximum absolute atomic E-state index is 16.9. The molecule has 334 valence electrons. The lowest BCUT2D eigenvalue weighted by Gasteiger charge is -2.54. The van der Waals surface area contributed by atoms with Crippen LogP contribution in [0.4, 0.5) is 9.18 Å². The van der Waals surface area contributed by atoms with Gasteiger partial charge in [0, 0.05) is 74.7 Å². The van der Waals surface area contributed by atoms with Crippen molar-refractivity contribution in [2.75, 3.05) is 20.7 Å². The topological polar surface area (TPSA) is 172 Å². The second kappa shape index (κ2) is 18.2. The second-order valence-corrected chi connectivity index (χ2v) is 18.0. The molecule has 0 aliphatic carbocycles. The van der Waals surface area contributed by atoms with Crippen LogP contribution in [0.2, 0.25) is 0 Å². The van der Waals surface area contributed by atoms with Crippen molar-refractivity contribution < 1.29 is 52.4 Å². The molecule has 0 radical (unpaired) electrons. The number of halogens is 1. The van der Waals surface area contributed by atoms with Gasteiger partial charge in [-0.3, -0.25) is 24.4 Å². The van der Waals surface area contributed by atoms with Crippen LogP contribution < -0.4 is 0 Å². The minimum absolute atomic E-state index is 0.00719. The first-order valence-corrected chi connectivity index (χ1v) is 21.4. The van der Waals surface area contributed by atoms with Crippen molar-refractivity contribution in [3.05, 3.63) is 37.1 Å². The van der Waals surface area contributed by atoms with Gasteiger partial charge in [0.15, 0.2) is 17.7 Å². The number of carbonyl (C=O) groups is 4. The molecule has 2 aromatic rings. The largest absolute Gasteiger partial charge is 0.455 e. The van der Waals surface area contributed by atoms with E-state index in [-0.39, 0.29) is 24.7 Å². The zero-order chi connectivity index (χ0) is 44.6. The van der Waals surface area contributed by atoms with Gasteiger partial charge in [-0.05, 0) is 79.0 Å². The molecular weight excluding hydrogens is 790 g/mol. The summed E-state index contributed by atoms with van der Waals surface area (Å²) in [6.45, 7) is 11.9. The predicted molar refractivity (Wildman–Crippen MR) is 220 cm³/mol. The number of hydrogen-bond acceptors (Lipinski definition) is 13. The number of amides is 1. The summed E-state index contributed by atoms with van der Waals surface area (Å²) in [5, 5.41) is 11.7. The van der Waals surface area contributed by atoms with E-state index in [9.17, 15) is 19.5 Å². The van der Waals surface area contributed by atoms with E-state index >= 15 is 9.18 Å². The smallest absolute Gasteiger partial charge is 0.411 e. The van der Waals surface area contributed by atoms with Gasteiger partial charge in [0.1, 0.15) is 18.0 Å². The van der Waals surface area contributed by atoms with Gasteiger partial charge in [-0.25, -0.2) is 19.0 Å². The summed E-state index contributed by atoms with van der Waals surface area (Å²) in [5.41, 5.74) is -4.56. The highest BCUT2D eigenvalue weighted by Gasteiger charge is 2.71. The van der Waals surface area contributed by atoms with Crippen molar-refractivity contribution in [2.45, 2.75) is 159 Å². The van der Waals surface area contributed by atoms with Crippen LogP contribution >= 0.6 is 0 Å². The van der Waals surface area contributed by atoms with E-state index in [1.54, 1.807) is 51.3 Å². The number of aromatic nitrogens is 3. The normalized spacial score (nSPS) is 38.3. The number of ether oxygens (including phenoxy) is 5. The summed E-state index contributed by atoms with van der Waals surface area (Å²) in [7, 11) is 3.24. The summed E-state index contributed by atoms with van der Waals surface area (Å²) in [6.07, 6.45) is 8.51. The molecule has 0 saturated carbocycles. The molecule has 0 aromatic carbocycles. The molecule has 2 aromatic heterocycles. The number of alkyl halides is 1. The molecular formula is C45H62FN5O10. The lowest BCUT2D eigenvalue weighted by atomic mass is 9.64. The van der Waals surface area contributed by atoms with Crippen molar-refractivity contribution in [3.8, 4) is 23.6 Å². The number of ketones is 2. The van der Waals surface area contributed by atoms with E-state index in [0.717, 1.165) is 18.2 Å². The number of terminal acetylenes is 1. The highest BCUT2D eigenvalue weighted by Crippen LogP contribution is 2.52. The summed E-state index contributed by atoms with van der Waals surface area (Å²) < 4.78 is 49.6. The number of cyclic esters (lactones) is 1. The summed E-state index contributed by atoms with van der Waals surface area (Å²) >= 11 is 0. The van der Waals surface area contributed by atoms with Gasteiger partial charge in [-0.1, -0.05) is 20.8 Å². The monoisotopic (exact) mass is 851 g/mol. The highest BCUT2D eigenvalue weighted by molar-refractivity contribution is 6.08. The highest BCUT2D eigenvalue weighted by atomic mass is 19.1. The molecule has 4 fully saturated rings. The molecule has 4 aliphatic rings. The lowest BCUT2D eigenvalue weighted by molar-refractivity contribution is -0.296. The first kappa shape index (κ1) is 46.2. The fourth-order valence-electron chi connectivity index (χ4n) is 10.2. The van der Waals surface area contributed by atoms with Crippen molar-refractivity contribution in [3.63, 3.8) is 0 Å². The Morgan fingerprint density at radius 3 is 2.56 bits per heavy atom. The quantitative estimate of drug-likeness (QED) is 0.176. The molecule has 4 aliphatic heterocycles. The Labute approximate surface area is 358 Å². The number of aliphatic hydroxyl groups is 1. The van der Waals surface area contributed by atoms with Crippen LogP contribution in [0.25, 0.3) is 11.3 Å². The third kappa shape index (κ3) is 8.73. The number of esters is 1. The Morgan fingerprint density at radius 2 is 1.90 bits per heavy atom. The van der Waals surface area contributed by atoms with E-state index in [0.29, 0.717) is 38.8 Å². The minimum Gasteiger partial charge on any atom is -0.455 e. The first-order chi connectivity index (χ1) is 28.8. The molecule has 0 bridgehead atoms. The summed E-state index contributed by atoms with van der Waals surface area (Å²) in [5.74, 6) is -3.06. The van der Waals surface area contributed by atoms with Crippen LogP contribution in [0, 0.1) is 30.1 Å². The Hall–Kier alpha value is -4.27. The van der Waals surface area contributed by atoms with Crippen LogP contribution in [-0.2, 0) is 44.6 Å². The number of nitrogens with zero attached hydrogens (tertiary/aromatic N) is 5. The zero-order valence-electron chi connectivity index (χ0n) is 36.8. The van der Waals surface area contributed by atoms with Crippen molar-refractivity contribution in [2.24, 2.45) is 17.8 Å². The van der Waals surface area contributed by atoms with Gasteiger partial charge in [0.2, 0.25) is 0 Å². The molecule has 2 unspecified atom stereocenters. The second-order valence-electron chi connectivity index (χ2n) is 18.0. The number of likely N-dealkylation sites (N-methyl/N-ethyl adjacent to an activating group) is 1. The maximum atomic E-state index is 16.9. The number of imidazole rings is 1. The van der Waals surface area contributed by atoms with E-state index in [4.69, 9.17) is 30.1 Å². The van der Waals surface area contributed by atoms with Crippen LogP contribution in [0.15, 0.2) is 37.1 Å². The van der Waals surface area contributed by atoms with Gasteiger partial charge in [-0.2, -0.15) is 0 Å². The number of pyridine rings is 1. The van der Waals surface area contributed by atoms with E-state index in [2.05, 4.69) is 15.9 Å². The van der Waals surface area contributed by atoms with Crippen LogP contribution in [-0.4, -0.2) is 139 Å². The number of aliphatic hydroxyl groups excluding tert-OH is 1. The molecule has 4 saturated heterocycles. The van der Waals surface area contributed by atoms with E-state index < -0.39 is 95.2 Å². The molecule has 6 rings (SSSR count). The van der Waals surface area contributed by atoms with E-state index in [1.165, 1.54) is 14.0 Å². The average molecular weight is 852 g/mol. The average Bonchev–Trinajstić information content (AvgIpc) is 3.79. The number of aryl methyl sites for hydroxylation is 1. The van der Waals surface area contributed by atoms with Gasteiger partial charge in [0.05, 0.1) is 41.8 Å². The third-order valence-corrected chi connectivity index (χ3v) is 13.7. The summed E-state index contributed by atoms with van der Waals surface area (Å²) in [4.78, 5) is 69.2. The number of Topliss-reactive ketones (excluding diaryl/α,β-unsaturated/α-hetero) is 2. The van der Waals surface area contributed by atoms with Crippen LogP contribution in [0.1, 0.15) is 87.0 Å². The lowest BCUT2D eigenvalue weighted by Crippen LogP contribution is -2.72. The SMILES string of the molecule is C#CCCN(C)[C@H]1C[C@@H](C)O[C@@H](O[C@@H]2[C@@H](C)C(=O)[C@](C)(F)C(=O)O[C@H](CC)[C@@]3(C)OC(=O)N4C(CCCn5cnc(-c6cccnc6)c5)[C@@H](C(=O)[C@H](C)C[C@@]2(C)OC)C43)[C@@H]1O. The van der Waals surface area contributed by atoms with Gasteiger partial charge < -0.3 is 33.4 Å². The van der Waals surface area contributed by atoms with Crippen molar-refractivity contribution in [1.82, 2.24) is 24.3 Å². The van der Waals surface area contributed by atoms with Gasteiger partial charge >= 0.3 is 12.1 Å². The molecule has 14 atom stereocenters. The number of methoxy groups -OCH3 is 1. The minimum atomic E-state index is -3.18. The third-order valence-electron chi connectivity index (χ3n) is 13.7. The molecule has 1 amide bonds. The maximum Gasteiger partial charge on any atom is 0.411 e. The molecule has 16 heteroatoms. The number of rotatable bonds is 12.